The second kappa shape index (κ2) is 7.42. The van der Waals surface area contributed by atoms with Crippen molar-refractivity contribution >= 4 is 23.3 Å². The summed E-state index contributed by atoms with van der Waals surface area (Å²) < 4.78 is 24.5. The zero-order valence-electron chi connectivity index (χ0n) is 15.8. The van der Waals surface area contributed by atoms with Crippen LogP contribution in [0, 0.1) is 5.82 Å². The molecule has 0 aromatic heterocycles. The Kier molecular flexibility index (Phi) is 5.18. The first-order valence-corrected chi connectivity index (χ1v) is 8.70. The maximum absolute atomic E-state index is 14.4. The Labute approximate surface area is 161 Å². The summed E-state index contributed by atoms with van der Waals surface area (Å²) in [6, 6.07) is 9.08. The van der Waals surface area contributed by atoms with E-state index >= 15 is 0 Å². The average Bonchev–Trinajstić information content (AvgIpc) is 3.01. The zero-order chi connectivity index (χ0) is 20.5. The predicted molar refractivity (Wildman–Crippen MR) is 99.8 cm³/mol. The van der Waals surface area contributed by atoms with Crippen LogP contribution in [0.4, 0.5) is 10.1 Å². The summed E-state index contributed by atoms with van der Waals surface area (Å²) in [6.45, 7) is 3.49. The van der Waals surface area contributed by atoms with Gasteiger partial charge in [0.15, 0.2) is 0 Å². The van der Waals surface area contributed by atoms with Gasteiger partial charge in [-0.2, -0.15) is 0 Å². The van der Waals surface area contributed by atoms with Crippen molar-refractivity contribution in [2.24, 2.45) is 0 Å². The molecule has 146 valence electrons. The number of amides is 1. The maximum Gasteiger partial charge on any atom is 0.338 e. The quantitative estimate of drug-likeness (QED) is 0.609. The summed E-state index contributed by atoms with van der Waals surface area (Å²) >= 11 is 0. The van der Waals surface area contributed by atoms with Gasteiger partial charge < -0.3 is 14.8 Å². The summed E-state index contributed by atoms with van der Waals surface area (Å²) in [5, 5.41) is 2.52. The van der Waals surface area contributed by atoms with Crippen LogP contribution in [0.3, 0.4) is 0 Å². The number of cyclic esters (lactones) is 1. The van der Waals surface area contributed by atoms with Crippen LogP contribution in [0.5, 0.6) is 5.75 Å². The van der Waals surface area contributed by atoms with Gasteiger partial charge in [0.1, 0.15) is 18.2 Å². The fourth-order valence-electron chi connectivity index (χ4n) is 3.31. The Morgan fingerprint density at radius 3 is 2.71 bits per heavy atom. The van der Waals surface area contributed by atoms with Crippen molar-refractivity contribution < 1.29 is 28.2 Å². The molecular weight excluding hydrogens is 365 g/mol. The highest BCUT2D eigenvalue weighted by atomic mass is 19.1. The van der Waals surface area contributed by atoms with E-state index in [1.54, 1.807) is 32.0 Å². The van der Waals surface area contributed by atoms with Crippen LogP contribution in [-0.2, 0) is 26.3 Å². The summed E-state index contributed by atoms with van der Waals surface area (Å²) in [4.78, 5) is 36.3. The van der Waals surface area contributed by atoms with E-state index in [1.807, 2.05) is 0 Å². The molecule has 28 heavy (non-hydrogen) atoms. The molecule has 7 heteroatoms. The van der Waals surface area contributed by atoms with Gasteiger partial charge in [0.25, 0.3) is 5.91 Å². The fraction of sp³-hybridized carbons (Fsp3) is 0.286. The number of nitrogens with one attached hydrogen (secondary N) is 1. The number of methoxy groups -OCH3 is 1. The van der Waals surface area contributed by atoms with Crippen molar-refractivity contribution in [2.45, 2.75) is 32.3 Å². The first-order chi connectivity index (χ1) is 13.2. The molecule has 0 spiro atoms. The molecule has 0 saturated carbocycles. The molecule has 0 fully saturated rings. The number of benzene rings is 2. The number of Topliss-reactive ketones (excluding diaryl/α,β-unsaturated/α-hetero) is 1. The zero-order valence-corrected chi connectivity index (χ0v) is 15.8. The summed E-state index contributed by atoms with van der Waals surface area (Å²) in [5.74, 6) is -2.09. The molecule has 1 aliphatic heterocycles. The molecule has 0 bridgehead atoms. The highest BCUT2D eigenvalue weighted by Crippen LogP contribution is 2.36. The number of ketones is 1. The lowest BCUT2D eigenvalue weighted by Gasteiger charge is -2.26. The van der Waals surface area contributed by atoms with Crippen LogP contribution in [-0.4, -0.2) is 24.8 Å². The molecule has 1 heterocycles. The third-order valence-electron chi connectivity index (χ3n) is 4.67. The van der Waals surface area contributed by atoms with Crippen LogP contribution in [0.2, 0.25) is 0 Å². The highest BCUT2D eigenvalue weighted by molar-refractivity contribution is 6.40. The number of anilines is 1. The molecule has 0 unspecified atom stereocenters. The van der Waals surface area contributed by atoms with Gasteiger partial charge in [-0.05, 0) is 30.3 Å². The number of hydrogen-bond acceptors (Lipinski definition) is 5. The van der Waals surface area contributed by atoms with Gasteiger partial charge >= 0.3 is 5.97 Å². The lowest BCUT2D eigenvalue weighted by molar-refractivity contribution is -0.135. The second-order valence-electron chi connectivity index (χ2n) is 7.20. The molecule has 0 aliphatic carbocycles. The fourth-order valence-corrected chi connectivity index (χ4v) is 3.31. The number of hydrogen-bond donors (Lipinski definition) is 1. The van der Waals surface area contributed by atoms with Crippen molar-refractivity contribution in [3.8, 4) is 5.75 Å². The summed E-state index contributed by atoms with van der Waals surface area (Å²) in [6.07, 6.45) is -0.206. The molecule has 1 aliphatic rings. The molecule has 0 radical (unpaired) electrons. The van der Waals surface area contributed by atoms with Crippen molar-refractivity contribution in [1.29, 1.82) is 0 Å². The van der Waals surface area contributed by atoms with Crippen LogP contribution in [0.15, 0.2) is 36.4 Å². The van der Waals surface area contributed by atoms with Gasteiger partial charge in [0.2, 0.25) is 5.78 Å². The topological polar surface area (TPSA) is 81.7 Å². The number of fused-ring (bicyclic) bond motifs is 1. The number of carbonyl (C=O) groups is 3. The van der Waals surface area contributed by atoms with Gasteiger partial charge in [-0.1, -0.05) is 19.9 Å². The predicted octanol–water partition coefficient (Wildman–Crippen LogP) is 3.38. The lowest BCUT2D eigenvalue weighted by Crippen LogP contribution is -2.31. The Morgan fingerprint density at radius 2 is 2.00 bits per heavy atom. The van der Waals surface area contributed by atoms with Gasteiger partial charge in [-0.3, -0.25) is 9.59 Å². The maximum atomic E-state index is 14.4. The van der Waals surface area contributed by atoms with Crippen LogP contribution in [0.25, 0.3) is 0 Å². The van der Waals surface area contributed by atoms with E-state index in [-0.39, 0.29) is 18.6 Å². The smallest absolute Gasteiger partial charge is 0.338 e. The third kappa shape index (κ3) is 3.74. The molecule has 6 nitrogen and oxygen atoms in total. The van der Waals surface area contributed by atoms with E-state index in [1.165, 1.54) is 25.3 Å². The minimum atomic E-state index is -0.955. The highest BCUT2D eigenvalue weighted by Gasteiger charge is 2.33. The first-order valence-electron chi connectivity index (χ1n) is 8.70. The standard InChI is InChI=1S/C21H20FNO5/c1-21(2,18-15(22)5-4-6-17(18)27-3)10-16(24)19(25)23-13-7-8-14-12(9-13)11-28-20(14)26/h4-9H,10-11H2,1-3H3,(H,23,25). The monoisotopic (exact) mass is 385 g/mol. The van der Waals surface area contributed by atoms with Crippen molar-refractivity contribution in [3.05, 3.63) is 58.9 Å². The SMILES string of the molecule is COc1cccc(F)c1C(C)(C)CC(=O)C(=O)Nc1ccc2c(c1)COC2=O. The van der Waals surface area contributed by atoms with Crippen molar-refractivity contribution in [1.82, 2.24) is 0 Å². The normalized spacial score (nSPS) is 12.9. The second-order valence-corrected chi connectivity index (χ2v) is 7.20. The van der Waals surface area contributed by atoms with Crippen LogP contribution in [0.1, 0.15) is 41.8 Å². The van der Waals surface area contributed by atoms with E-state index in [2.05, 4.69) is 5.32 Å². The van der Waals surface area contributed by atoms with Gasteiger partial charge in [0, 0.05) is 28.7 Å². The molecule has 1 amide bonds. The van der Waals surface area contributed by atoms with Gasteiger partial charge in [-0.15, -0.1) is 0 Å². The molecule has 2 aromatic carbocycles. The third-order valence-corrected chi connectivity index (χ3v) is 4.67. The molecule has 1 N–H and O–H groups in total. The molecule has 2 aromatic rings. The number of halogens is 1. The van der Waals surface area contributed by atoms with E-state index in [9.17, 15) is 18.8 Å². The molecular formula is C21H20FNO5. The Hall–Kier alpha value is -3.22. The largest absolute Gasteiger partial charge is 0.496 e. The lowest BCUT2D eigenvalue weighted by atomic mass is 9.79. The van der Waals surface area contributed by atoms with Crippen molar-refractivity contribution in [3.63, 3.8) is 0 Å². The van der Waals surface area contributed by atoms with E-state index < -0.39 is 28.9 Å². The number of esters is 1. The number of ether oxygens (including phenoxy) is 2. The molecule has 3 rings (SSSR count). The summed E-state index contributed by atoms with van der Waals surface area (Å²) in [5.41, 5.74) is 0.760. The minimum Gasteiger partial charge on any atom is -0.496 e. The van der Waals surface area contributed by atoms with Crippen LogP contribution < -0.4 is 10.1 Å². The average molecular weight is 385 g/mol. The van der Waals surface area contributed by atoms with Crippen molar-refractivity contribution in [2.75, 3.05) is 12.4 Å². The molecule has 0 atom stereocenters. The van der Waals surface area contributed by atoms with E-state index in [4.69, 9.17) is 9.47 Å². The van der Waals surface area contributed by atoms with Crippen LogP contribution >= 0.6 is 0 Å². The Morgan fingerprint density at radius 1 is 1.25 bits per heavy atom. The Bertz CT molecular complexity index is 967. The van der Waals surface area contributed by atoms with Gasteiger partial charge in [-0.25, -0.2) is 9.18 Å². The Balaban J connectivity index is 1.74. The summed E-state index contributed by atoms with van der Waals surface area (Å²) in [7, 11) is 1.42. The van der Waals surface area contributed by atoms with E-state index in [0.717, 1.165) is 0 Å². The number of rotatable bonds is 6. The minimum absolute atomic E-state index is 0.131. The van der Waals surface area contributed by atoms with E-state index in [0.29, 0.717) is 22.6 Å². The first kappa shape index (κ1) is 19.5. The van der Waals surface area contributed by atoms with Gasteiger partial charge in [0.05, 0.1) is 12.7 Å². The molecule has 0 saturated heterocycles. The number of carbonyl (C=O) groups excluding carboxylic acids is 3.